The summed E-state index contributed by atoms with van der Waals surface area (Å²) >= 11 is 0. The van der Waals surface area contributed by atoms with E-state index in [1.165, 1.54) is 128 Å². The van der Waals surface area contributed by atoms with E-state index in [2.05, 4.69) is 54.8 Å². The highest BCUT2D eigenvalue weighted by Crippen LogP contribution is 2.15. The van der Waals surface area contributed by atoms with Crippen LogP contribution in [0.3, 0.4) is 0 Å². The van der Waals surface area contributed by atoms with Crippen molar-refractivity contribution < 1.29 is 25.2 Å². The molecule has 0 spiro atoms. The van der Waals surface area contributed by atoms with Gasteiger partial charge in [-0.2, -0.15) is 0 Å². The molecule has 0 aliphatic rings. The summed E-state index contributed by atoms with van der Waals surface area (Å²) < 4.78 is 0. The van der Waals surface area contributed by atoms with Gasteiger partial charge in [-0.25, -0.2) is 0 Å². The molecule has 52 heavy (non-hydrogen) atoms. The van der Waals surface area contributed by atoms with Gasteiger partial charge in [-0.1, -0.05) is 178 Å². The Labute approximate surface area is 321 Å². The molecule has 0 aromatic rings. The van der Waals surface area contributed by atoms with Gasteiger partial charge in [0.15, 0.2) is 0 Å². The van der Waals surface area contributed by atoms with Gasteiger partial charge < -0.3 is 25.7 Å². The zero-order chi connectivity index (χ0) is 38.2. The molecule has 0 fully saturated rings. The van der Waals surface area contributed by atoms with Crippen molar-refractivity contribution in [1.29, 1.82) is 0 Å². The summed E-state index contributed by atoms with van der Waals surface area (Å²) in [4.78, 5) is 12.4. The SMILES string of the molecule is C/C=C/CC/C=C/CCCC(O)C(O)C(CO)NC(=O)C(O)CCCCCCCCCCCCCC/C=C\C/C=C\CCCCCCCCCCC. The molecule has 0 aromatic heterocycles. The molecular formula is C46H85NO5. The Kier molecular flexibility index (Phi) is 39.1. The second-order valence-electron chi connectivity index (χ2n) is 15.0. The van der Waals surface area contributed by atoms with Gasteiger partial charge in [0.25, 0.3) is 0 Å². The second kappa shape index (κ2) is 40.5. The lowest BCUT2D eigenvalue weighted by Gasteiger charge is -2.27. The molecule has 0 bridgehead atoms. The average Bonchev–Trinajstić information content (AvgIpc) is 3.15. The van der Waals surface area contributed by atoms with E-state index >= 15 is 0 Å². The highest BCUT2D eigenvalue weighted by Gasteiger charge is 2.28. The van der Waals surface area contributed by atoms with Crippen molar-refractivity contribution in [1.82, 2.24) is 5.32 Å². The lowest BCUT2D eigenvalue weighted by Crippen LogP contribution is -2.53. The number of rotatable bonds is 39. The standard InChI is InChI=1S/C46H85NO5/c1-3-5-7-9-11-13-14-15-16-17-18-19-20-21-22-23-24-25-26-27-28-29-30-31-32-34-36-38-40-44(50)46(52)47-42(41-48)45(51)43(49)39-37-35-33-12-10-8-6-4-2/h4,6,12,18-19,21-22,33,42-45,48-51H,3,5,7-11,13-17,20,23-32,34-41H2,1-2H3,(H,47,52)/b6-4+,19-18-,22-21-,33-12+. The van der Waals surface area contributed by atoms with Crippen LogP contribution in [0.25, 0.3) is 0 Å². The fraction of sp³-hybridized carbons (Fsp3) is 0.804. The summed E-state index contributed by atoms with van der Waals surface area (Å²) in [5, 5.41) is 43.3. The maximum absolute atomic E-state index is 12.4. The number of aliphatic hydroxyl groups is 4. The first-order chi connectivity index (χ1) is 25.5. The van der Waals surface area contributed by atoms with Crippen LogP contribution in [-0.4, -0.2) is 57.3 Å². The van der Waals surface area contributed by atoms with E-state index < -0.39 is 36.9 Å². The van der Waals surface area contributed by atoms with Crippen molar-refractivity contribution in [3.63, 3.8) is 0 Å². The summed E-state index contributed by atoms with van der Waals surface area (Å²) in [7, 11) is 0. The lowest BCUT2D eigenvalue weighted by molar-refractivity contribution is -0.132. The number of hydrogen-bond acceptors (Lipinski definition) is 5. The van der Waals surface area contributed by atoms with Crippen LogP contribution in [0.5, 0.6) is 0 Å². The molecule has 304 valence electrons. The number of amides is 1. The zero-order valence-electron chi connectivity index (χ0n) is 34.0. The third kappa shape index (κ3) is 34.1. The molecule has 0 aliphatic carbocycles. The fourth-order valence-corrected chi connectivity index (χ4v) is 6.57. The molecule has 0 aromatic carbocycles. The number of unbranched alkanes of at least 4 members (excludes halogenated alkanes) is 23. The third-order valence-electron chi connectivity index (χ3n) is 10.1. The summed E-state index contributed by atoms with van der Waals surface area (Å²) in [5.74, 6) is -0.603. The van der Waals surface area contributed by atoms with Crippen molar-refractivity contribution >= 4 is 5.91 Å². The molecule has 1 amide bonds. The van der Waals surface area contributed by atoms with E-state index in [0.717, 1.165) is 44.9 Å². The van der Waals surface area contributed by atoms with Crippen molar-refractivity contribution in [2.75, 3.05) is 6.61 Å². The largest absolute Gasteiger partial charge is 0.394 e. The second-order valence-corrected chi connectivity index (χ2v) is 15.0. The molecule has 6 nitrogen and oxygen atoms in total. The lowest BCUT2D eigenvalue weighted by atomic mass is 10.00. The van der Waals surface area contributed by atoms with Crippen molar-refractivity contribution in [2.24, 2.45) is 0 Å². The van der Waals surface area contributed by atoms with Crippen LogP contribution in [0.15, 0.2) is 48.6 Å². The van der Waals surface area contributed by atoms with Gasteiger partial charge in [-0.3, -0.25) is 4.79 Å². The predicted molar refractivity (Wildman–Crippen MR) is 223 cm³/mol. The summed E-state index contributed by atoms with van der Waals surface area (Å²) in [5.41, 5.74) is 0. The number of aliphatic hydroxyl groups excluding tert-OH is 4. The molecule has 6 heteroatoms. The number of nitrogens with one attached hydrogen (secondary N) is 1. The van der Waals surface area contributed by atoms with Crippen LogP contribution in [-0.2, 0) is 4.79 Å². The minimum absolute atomic E-state index is 0.356. The maximum Gasteiger partial charge on any atom is 0.249 e. The van der Waals surface area contributed by atoms with Crippen LogP contribution in [0.2, 0.25) is 0 Å². The Morgan fingerprint density at radius 3 is 1.44 bits per heavy atom. The smallest absolute Gasteiger partial charge is 0.249 e. The van der Waals surface area contributed by atoms with E-state index in [-0.39, 0.29) is 0 Å². The highest BCUT2D eigenvalue weighted by atomic mass is 16.3. The normalized spacial score (nSPS) is 14.7. The Balaban J connectivity index is 3.63. The van der Waals surface area contributed by atoms with Gasteiger partial charge in [0.05, 0.1) is 18.8 Å². The van der Waals surface area contributed by atoms with Gasteiger partial charge in [0.1, 0.15) is 12.2 Å². The minimum atomic E-state index is -1.29. The van der Waals surface area contributed by atoms with E-state index in [9.17, 15) is 25.2 Å². The van der Waals surface area contributed by atoms with Crippen LogP contribution >= 0.6 is 0 Å². The molecule has 4 atom stereocenters. The molecule has 0 radical (unpaired) electrons. The van der Waals surface area contributed by atoms with Gasteiger partial charge in [0.2, 0.25) is 5.91 Å². The first-order valence-electron chi connectivity index (χ1n) is 22.0. The molecule has 0 saturated carbocycles. The van der Waals surface area contributed by atoms with Crippen LogP contribution in [0.1, 0.15) is 206 Å². The van der Waals surface area contributed by atoms with Crippen molar-refractivity contribution in [3.8, 4) is 0 Å². The van der Waals surface area contributed by atoms with Crippen LogP contribution in [0.4, 0.5) is 0 Å². The quantitative estimate of drug-likeness (QED) is 0.0319. The third-order valence-corrected chi connectivity index (χ3v) is 10.1. The van der Waals surface area contributed by atoms with Gasteiger partial charge in [-0.15, -0.1) is 0 Å². The van der Waals surface area contributed by atoms with Gasteiger partial charge in [0, 0.05) is 0 Å². The van der Waals surface area contributed by atoms with E-state index in [1.807, 2.05) is 13.0 Å². The first-order valence-corrected chi connectivity index (χ1v) is 22.0. The number of carbonyl (C=O) groups excluding carboxylic acids is 1. The van der Waals surface area contributed by atoms with Crippen LogP contribution < -0.4 is 5.32 Å². The average molecular weight is 732 g/mol. The zero-order valence-corrected chi connectivity index (χ0v) is 34.0. The summed E-state index contributed by atoms with van der Waals surface area (Å²) in [6, 6.07) is -1.01. The van der Waals surface area contributed by atoms with Gasteiger partial charge in [-0.05, 0) is 77.6 Å². The first kappa shape index (κ1) is 50.3. The van der Waals surface area contributed by atoms with Crippen LogP contribution in [0, 0.1) is 0 Å². The Morgan fingerprint density at radius 1 is 0.519 bits per heavy atom. The molecule has 0 saturated heterocycles. The Bertz CT molecular complexity index is 869. The molecule has 0 rings (SSSR count). The minimum Gasteiger partial charge on any atom is -0.394 e. The summed E-state index contributed by atoms with van der Waals surface area (Å²) in [6.07, 6.45) is 49.1. The number of carbonyl (C=O) groups is 1. The van der Waals surface area contributed by atoms with E-state index in [1.54, 1.807) is 0 Å². The van der Waals surface area contributed by atoms with Crippen molar-refractivity contribution in [2.45, 2.75) is 231 Å². The Morgan fingerprint density at radius 2 is 0.942 bits per heavy atom. The number of allylic oxidation sites excluding steroid dienone is 8. The number of hydrogen-bond donors (Lipinski definition) is 5. The highest BCUT2D eigenvalue weighted by molar-refractivity contribution is 5.80. The van der Waals surface area contributed by atoms with Crippen molar-refractivity contribution in [3.05, 3.63) is 48.6 Å². The molecule has 5 N–H and O–H groups in total. The predicted octanol–water partition coefficient (Wildman–Crippen LogP) is 11.5. The molecule has 0 aliphatic heterocycles. The molecular weight excluding hydrogens is 647 g/mol. The molecule has 4 unspecified atom stereocenters. The monoisotopic (exact) mass is 732 g/mol. The Hall–Kier alpha value is -1.73. The van der Waals surface area contributed by atoms with E-state index in [4.69, 9.17) is 0 Å². The molecule has 0 heterocycles. The fourth-order valence-electron chi connectivity index (χ4n) is 6.57. The van der Waals surface area contributed by atoms with Gasteiger partial charge >= 0.3 is 0 Å². The van der Waals surface area contributed by atoms with E-state index in [0.29, 0.717) is 19.3 Å². The maximum atomic E-state index is 12.4. The summed E-state index contributed by atoms with van der Waals surface area (Å²) in [6.45, 7) is 3.78. The topological polar surface area (TPSA) is 110 Å².